The van der Waals surface area contributed by atoms with Crippen molar-refractivity contribution < 1.29 is 37.5 Å². The lowest BCUT2D eigenvalue weighted by molar-refractivity contribution is -0.145. The Kier molecular flexibility index (Phi) is 5.49. The van der Waals surface area contributed by atoms with Crippen LogP contribution in [0.3, 0.4) is 0 Å². The summed E-state index contributed by atoms with van der Waals surface area (Å²) >= 11 is 0. The van der Waals surface area contributed by atoms with Crippen molar-refractivity contribution >= 4 is 24.7 Å². The predicted octanol–water partition coefficient (Wildman–Crippen LogP) is 2.42. The number of aliphatic hydroxyl groups is 2. The fraction of sp³-hybridized carbons (Fsp3) is 0.400. The summed E-state index contributed by atoms with van der Waals surface area (Å²) in [6.45, 7) is 1.31. The number of anilines is 1. The fourth-order valence-corrected chi connectivity index (χ4v) is 5.46. The van der Waals surface area contributed by atoms with Gasteiger partial charge in [0.05, 0.1) is 18.1 Å². The molecule has 4 N–H and O–H groups in total. The van der Waals surface area contributed by atoms with Gasteiger partial charge in [-0.1, -0.05) is 18.2 Å². The Balaban J connectivity index is 1.39. The van der Waals surface area contributed by atoms with Crippen molar-refractivity contribution in [2.75, 3.05) is 12.3 Å². The van der Waals surface area contributed by atoms with E-state index in [2.05, 4.69) is 9.97 Å². The zero-order chi connectivity index (χ0) is 23.4. The molecule has 2 aliphatic rings. The van der Waals surface area contributed by atoms with Crippen LogP contribution in [0.4, 0.5) is 10.2 Å². The minimum absolute atomic E-state index is 0.0304. The number of ether oxygens (including phenoxy) is 1. The van der Waals surface area contributed by atoms with Crippen molar-refractivity contribution in [2.24, 2.45) is 0 Å². The third kappa shape index (κ3) is 3.83. The Morgan fingerprint density at radius 3 is 2.91 bits per heavy atom. The van der Waals surface area contributed by atoms with Crippen molar-refractivity contribution in [1.82, 2.24) is 14.5 Å². The molecule has 176 valence electrons. The normalized spacial score (nSPS) is 34.7. The summed E-state index contributed by atoms with van der Waals surface area (Å²) in [5.74, 6) is -0.283. The number of nitrogens with zero attached hydrogens (tertiary/aromatic N) is 3. The highest BCUT2D eigenvalue weighted by atomic mass is 31.2. The first-order valence-corrected chi connectivity index (χ1v) is 11.6. The Morgan fingerprint density at radius 1 is 1.33 bits per heavy atom. The lowest BCUT2D eigenvalue weighted by Crippen LogP contribution is -2.44. The molecule has 2 aromatic heterocycles. The van der Waals surface area contributed by atoms with E-state index in [0.717, 1.165) is 0 Å². The highest BCUT2D eigenvalue weighted by molar-refractivity contribution is 7.48. The monoisotopic (exact) mass is 480 g/mol. The van der Waals surface area contributed by atoms with Crippen LogP contribution < -0.4 is 5.73 Å². The van der Waals surface area contributed by atoms with Gasteiger partial charge in [0.25, 0.3) is 0 Å². The van der Waals surface area contributed by atoms with Gasteiger partial charge in [-0.3, -0.25) is 13.6 Å². The summed E-state index contributed by atoms with van der Waals surface area (Å²) in [5, 5.41) is 22.2. The molecule has 6 atom stereocenters. The quantitative estimate of drug-likeness (QED) is 0.475. The molecule has 11 nitrogen and oxygen atoms in total. The van der Waals surface area contributed by atoms with E-state index in [-0.39, 0.29) is 24.4 Å². The Bertz CT molecular complexity index is 1240. The van der Waals surface area contributed by atoms with Gasteiger partial charge in [0.1, 0.15) is 35.3 Å². The van der Waals surface area contributed by atoms with Crippen LogP contribution in [0.25, 0.3) is 11.0 Å². The maximum atomic E-state index is 14.2. The topological polar surface area (TPSA) is 151 Å². The van der Waals surface area contributed by atoms with E-state index in [1.807, 2.05) is 0 Å². The molecule has 2 fully saturated rings. The van der Waals surface area contributed by atoms with Crippen molar-refractivity contribution in [3.05, 3.63) is 54.2 Å². The van der Waals surface area contributed by atoms with E-state index in [0.29, 0.717) is 11.0 Å². The van der Waals surface area contributed by atoms with Gasteiger partial charge in [0.15, 0.2) is 6.23 Å². The van der Waals surface area contributed by atoms with Crippen LogP contribution in [0, 0.1) is 5.82 Å². The third-order valence-corrected chi connectivity index (χ3v) is 7.26. The van der Waals surface area contributed by atoms with Crippen molar-refractivity contribution in [1.29, 1.82) is 0 Å². The van der Waals surface area contributed by atoms with E-state index < -0.39 is 44.0 Å². The first-order valence-electron chi connectivity index (χ1n) is 10.2. The van der Waals surface area contributed by atoms with E-state index >= 15 is 0 Å². The van der Waals surface area contributed by atoms with Gasteiger partial charge >= 0.3 is 7.82 Å². The molecule has 0 radical (unpaired) electrons. The molecule has 2 unspecified atom stereocenters. The van der Waals surface area contributed by atoms with Gasteiger partial charge in [-0.15, -0.1) is 0 Å². The summed E-state index contributed by atoms with van der Waals surface area (Å²) < 4.78 is 50.7. The summed E-state index contributed by atoms with van der Waals surface area (Å²) in [5.41, 5.74) is 4.55. The van der Waals surface area contributed by atoms with Crippen molar-refractivity contribution in [2.45, 2.75) is 43.7 Å². The van der Waals surface area contributed by atoms with Crippen LogP contribution >= 0.6 is 7.82 Å². The van der Waals surface area contributed by atoms with E-state index in [1.54, 1.807) is 18.3 Å². The first-order chi connectivity index (χ1) is 15.7. The highest BCUT2D eigenvalue weighted by Crippen LogP contribution is 2.59. The summed E-state index contributed by atoms with van der Waals surface area (Å²) in [6.07, 6.45) is -2.20. The molecule has 0 saturated carbocycles. The summed E-state index contributed by atoms with van der Waals surface area (Å²) in [6, 6.07) is 7.58. The molecule has 1 aromatic carbocycles. The van der Waals surface area contributed by atoms with Crippen LogP contribution in [0.1, 0.15) is 31.2 Å². The second-order valence-corrected chi connectivity index (χ2v) is 9.61. The average molecular weight is 480 g/mol. The molecule has 33 heavy (non-hydrogen) atoms. The number of phosphoric acid groups is 1. The van der Waals surface area contributed by atoms with Crippen molar-refractivity contribution in [3.8, 4) is 0 Å². The number of aromatic nitrogens is 3. The van der Waals surface area contributed by atoms with Gasteiger partial charge < -0.3 is 25.3 Å². The Hall–Kier alpha value is -2.44. The average Bonchev–Trinajstić information content (AvgIpc) is 3.29. The predicted molar refractivity (Wildman–Crippen MR) is 112 cm³/mol. The minimum atomic E-state index is -4.27. The molecule has 4 heterocycles. The van der Waals surface area contributed by atoms with Gasteiger partial charge in [0.2, 0.25) is 6.29 Å². The number of hydrogen-bond acceptors (Lipinski definition) is 10. The smallest absolute Gasteiger partial charge is 0.385 e. The number of benzene rings is 1. The lowest BCUT2D eigenvalue weighted by Gasteiger charge is -2.31. The van der Waals surface area contributed by atoms with Gasteiger partial charge in [-0.05, 0) is 19.1 Å². The standard InChI is InChI=1S/C20H22FN4O7P/c1-20(27)15(26)18(30-19(20)25-8-6-12-16(22)23-10-24-17(12)25)32-33(28)29-9-7-14(31-33)11-4-2-3-5-13(11)21/h2-6,8,10,14-15,18-19,26-27H,7,9H2,1H3,(H2,22,23,24)/t14-,15-,18?,19-,20-,33?/m1/s1. The molecule has 3 aromatic rings. The molecule has 0 amide bonds. The third-order valence-electron chi connectivity index (χ3n) is 5.78. The maximum Gasteiger partial charge on any atom is 0.477 e. The van der Waals surface area contributed by atoms with E-state index in [4.69, 9.17) is 24.0 Å². The SMILES string of the molecule is C[C@@]1(O)[C@H](O)C(OP2(=O)OCC[C@H](c3ccccc3F)O2)O[C@H]1n1ccc2c(N)ncnc21. The molecule has 0 spiro atoms. The Labute approximate surface area is 187 Å². The van der Waals surface area contributed by atoms with Gasteiger partial charge in [-0.25, -0.2) is 18.9 Å². The molecule has 5 rings (SSSR count). The largest absolute Gasteiger partial charge is 0.477 e. The number of phosphoric ester groups is 1. The number of hydrogen-bond donors (Lipinski definition) is 3. The van der Waals surface area contributed by atoms with Crippen LogP contribution in [0.2, 0.25) is 0 Å². The molecule has 2 aliphatic heterocycles. The number of fused-ring (bicyclic) bond motifs is 1. The number of rotatable bonds is 4. The van der Waals surface area contributed by atoms with Crippen LogP contribution in [-0.4, -0.2) is 49.4 Å². The molecule has 0 aliphatic carbocycles. The van der Waals surface area contributed by atoms with Crippen LogP contribution in [0.15, 0.2) is 42.9 Å². The summed E-state index contributed by atoms with van der Waals surface area (Å²) in [7, 11) is -4.27. The van der Waals surface area contributed by atoms with Crippen LogP contribution in [0.5, 0.6) is 0 Å². The molecule has 13 heteroatoms. The zero-order valence-corrected chi connectivity index (χ0v) is 18.3. The van der Waals surface area contributed by atoms with Gasteiger partial charge in [-0.2, -0.15) is 0 Å². The highest BCUT2D eigenvalue weighted by Gasteiger charge is 2.56. The number of nitrogen functional groups attached to an aromatic ring is 1. The molecular weight excluding hydrogens is 458 g/mol. The first kappa shape index (κ1) is 22.4. The van der Waals surface area contributed by atoms with Crippen LogP contribution in [-0.2, 0) is 22.9 Å². The second kappa shape index (κ2) is 8.10. The van der Waals surface area contributed by atoms with Crippen molar-refractivity contribution in [3.63, 3.8) is 0 Å². The summed E-state index contributed by atoms with van der Waals surface area (Å²) in [4.78, 5) is 8.08. The molecule has 0 bridgehead atoms. The zero-order valence-electron chi connectivity index (χ0n) is 17.4. The van der Waals surface area contributed by atoms with Gasteiger partial charge in [0, 0.05) is 18.2 Å². The minimum Gasteiger partial charge on any atom is -0.385 e. The van der Waals surface area contributed by atoms with E-state index in [9.17, 15) is 19.2 Å². The van der Waals surface area contributed by atoms with E-state index in [1.165, 1.54) is 36.0 Å². The maximum absolute atomic E-state index is 14.2. The number of halogens is 1. The fourth-order valence-electron chi connectivity index (χ4n) is 4.01. The number of nitrogens with two attached hydrogens (primary N) is 1. The number of aliphatic hydroxyl groups excluding tert-OH is 1. The second-order valence-electron chi connectivity index (χ2n) is 8.04. The lowest BCUT2D eigenvalue weighted by atomic mass is 9.99. The molecular formula is C20H22FN4O7P. The Morgan fingerprint density at radius 2 is 2.12 bits per heavy atom. The molecule has 2 saturated heterocycles.